The molecule has 1 amide bonds. The van der Waals surface area contributed by atoms with Gasteiger partial charge in [0.1, 0.15) is 0 Å². The van der Waals surface area contributed by atoms with Crippen LogP contribution in [0, 0.1) is 0 Å². The standard InChI is InChI=1S/C13H18N2O3/c1-17-11-4-3-10-9(12(11)18-2)5-7-15(8-6-14)13(10)16/h3-4H,5-8,14H2,1-2H3. The summed E-state index contributed by atoms with van der Waals surface area (Å²) in [5.74, 6) is 1.34. The molecule has 0 spiro atoms. The summed E-state index contributed by atoms with van der Waals surface area (Å²) in [6, 6.07) is 3.56. The summed E-state index contributed by atoms with van der Waals surface area (Å²) < 4.78 is 10.6. The highest BCUT2D eigenvalue weighted by Gasteiger charge is 2.27. The number of nitrogens with zero attached hydrogens (tertiary/aromatic N) is 1. The summed E-state index contributed by atoms with van der Waals surface area (Å²) >= 11 is 0. The van der Waals surface area contributed by atoms with E-state index in [0.29, 0.717) is 36.7 Å². The monoisotopic (exact) mass is 250 g/mol. The van der Waals surface area contributed by atoms with Crippen molar-refractivity contribution in [3.05, 3.63) is 23.3 Å². The lowest BCUT2D eigenvalue weighted by Crippen LogP contribution is -2.40. The van der Waals surface area contributed by atoms with E-state index >= 15 is 0 Å². The molecular formula is C13H18N2O3. The Morgan fingerprint density at radius 2 is 2.11 bits per heavy atom. The highest BCUT2D eigenvalue weighted by Crippen LogP contribution is 2.36. The summed E-state index contributed by atoms with van der Waals surface area (Å²) in [4.78, 5) is 14.0. The van der Waals surface area contributed by atoms with Crippen molar-refractivity contribution in [2.75, 3.05) is 33.9 Å². The highest BCUT2D eigenvalue weighted by molar-refractivity contribution is 5.97. The number of ether oxygens (including phenoxy) is 2. The van der Waals surface area contributed by atoms with E-state index in [1.54, 1.807) is 31.3 Å². The Kier molecular flexibility index (Phi) is 3.72. The second-order valence-electron chi connectivity index (χ2n) is 4.16. The smallest absolute Gasteiger partial charge is 0.254 e. The largest absolute Gasteiger partial charge is 0.493 e. The molecule has 5 heteroatoms. The fraction of sp³-hybridized carbons (Fsp3) is 0.462. The molecule has 1 aromatic carbocycles. The van der Waals surface area contributed by atoms with Crippen molar-refractivity contribution in [1.29, 1.82) is 0 Å². The number of rotatable bonds is 4. The third-order valence-electron chi connectivity index (χ3n) is 3.20. The number of carbonyl (C=O) groups excluding carboxylic acids is 1. The quantitative estimate of drug-likeness (QED) is 0.852. The molecule has 2 N–H and O–H groups in total. The van der Waals surface area contributed by atoms with Gasteiger partial charge < -0.3 is 20.1 Å². The number of methoxy groups -OCH3 is 2. The predicted molar refractivity (Wildman–Crippen MR) is 68.2 cm³/mol. The van der Waals surface area contributed by atoms with Gasteiger partial charge in [-0.3, -0.25) is 4.79 Å². The van der Waals surface area contributed by atoms with Crippen LogP contribution in [0.5, 0.6) is 11.5 Å². The van der Waals surface area contributed by atoms with Crippen LogP contribution in [0.3, 0.4) is 0 Å². The van der Waals surface area contributed by atoms with Crippen LogP contribution in [0.2, 0.25) is 0 Å². The van der Waals surface area contributed by atoms with Gasteiger partial charge in [0.2, 0.25) is 0 Å². The Hall–Kier alpha value is -1.75. The molecule has 0 fully saturated rings. The number of hydrogen-bond donors (Lipinski definition) is 1. The number of fused-ring (bicyclic) bond motifs is 1. The van der Waals surface area contributed by atoms with Gasteiger partial charge in [-0.15, -0.1) is 0 Å². The normalized spacial score (nSPS) is 14.4. The highest BCUT2D eigenvalue weighted by atomic mass is 16.5. The Balaban J connectivity index is 2.42. The van der Waals surface area contributed by atoms with Crippen molar-refractivity contribution in [2.45, 2.75) is 6.42 Å². The van der Waals surface area contributed by atoms with Crippen LogP contribution in [0.15, 0.2) is 12.1 Å². The van der Waals surface area contributed by atoms with Gasteiger partial charge >= 0.3 is 0 Å². The molecule has 1 heterocycles. The molecule has 0 aromatic heterocycles. The third-order valence-corrected chi connectivity index (χ3v) is 3.20. The van der Waals surface area contributed by atoms with E-state index in [4.69, 9.17) is 15.2 Å². The molecule has 18 heavy (non-hydrogen) atoms. The Bertz CT molecular complexity index is 460. The summed E-state index contributed by atoms with van der Waals surface area (Å²) in [6.07, 6.45) is 0.765. The predicted octanol–water partition coefficient (Wildman–Crippen LogP) is 0.661. The Morgan fingerprint density at radius 1 is 1.33 bits per heavy atom. The first-order chi connectivity index (χ1) is 8.72. The zero-order valence-electron chi connectivity index (χ0n) is 10.7. The van der Waals surface area contributed by atoms with Crippen molar-refractivity contribution < 1.29 is 14.3 Å². The first-order valence-electron chi connectivity index (χ1n) is 5.96. The van der Waals surface area contributed by atoms with E-state index in [9.17, 15) is 4.79 Å². The van der Waals surface area contributed by atoms with Gasteiger partial charge in [-0.25, -0.2) is 0 Å². The van der Waals surface area contributed by atoms with E-state index in [2.05, 4.69) is 0 Å². The average Bonchev–Trinajstić information content (AvgIpc) is 2.40. The second-order valence-corrected chi connectivity index (χ2v) is 4.16. The van der Waals surface area contributed by atoms with Gasteiger partial charge in [0.25, 0.3) is 5.91 Å². The molecule has 0 atom stereocenters. The van der Waals surface area contributed by atoms with Gasteiger partial charge in [-0.05, 0) is 18.6 Å². The third kappa shape index (κ3) is 2.01. The van der Waals surface area contributed by atoms with Crippen LogP contribution >= 0.6 is 0 Å². The average molecular weight is 250 g/mol. The van der Waals surface area contributed by atoms with E-state index in [-0.39, 0.29) is 5.91 Å². The Labute approximate surface area is 106 Å². The van der Waals surface area contributed by atoms with Crippen LogP contribution in [-0.4, -0.2) is 44.7 Å². The zero-order chi connectivity index (χ0) is 13.1. The van der Waals surface area contributed by atoms with Gasteiger partial charge in [0, 0.05) is 30.8 Å². The fourth-order valence-electron chi connectivity index (χ4n) is 2.33. The first-order valence-corrected chi connectivity index (χ1v) is 5.96. The summed E-state index contributed by atoms with van der Waals surface area (Å²) in [5.41, 5.74) is 7.12. The summed E-state index contributed by atoms with van der Waals surface area (Å²) in [7, 11) is 3.19. The molecule has 1 aliphatic rings. The minimum absolute atomic E-state index is 0.0163. The van der Waals surface area contributed by atoms with Crippen LogP contribution in [0.25, 0.3) is 0 Å². The minimum atomic E-state index is 0.0163. The molecule has 0 aliphatic carbocycles. The van der Waals surface area contributed by atoms with Crippen LogP contribution in [0.4, 0.5) is 0 Å². The lowest BCUT2D eigenvalue weighted by atomic mass is 9.97. The number of amides is 1. The lowest BCUT2D eigenvalue weighted by Gasteiger charge is -2.29. The molecule has 0 bridgehead atoms. The van der Waals surface area contributed by atoms with E-state index < -0.39 is 0 Å². The lowest BCUT2D eigenvalue weighted by molar-refractivity contribution is 0.0743. The molecular weight excluding hydrogens is 232 g/mol. The number of hydrogen-bond acceptors (Lipinski definition) is 4. The van der Waals surface area contributed by atoms with Crippen LogP contribution in [0.1, 0.15) is 15.9 Å². The molecule has 0 unspecified atom stereocenters. The van der Waals surface area contributed by atoms with Gasteiger partial charge in [0.05, 0.1) is 14.2 Å². The fourth-order valence-corrected chi connectivity index (χ4v) is 2.33. The van der Waals surface area contributed by atoms with E-state index in [0.717, 1.165) is 12.0 Å². The molecule has 5 nitrogen and oxygen atoms in total. The molecule has 1 aliphatic heterocycles. The maximum atomic E-state index is 12.2. The number of nitrogens with two attached hydrogens (primary N) is 1. The van der Waals surface area contributed by atoms with Crippen molar-refractivity contribution in [2.24, 2.45) is 5.73 Å². The van der Waals surface area contributed by atoms with Crippen molar-refractivity contribution in [1.82, 2.24) is 4.90 Å². The van der Waals surface area contributed by atoms with Gasteiger partial charge in [-0.1, -0.05) is 0 Å². The van der Waals surface area contributed by atoms with Crippen molar-refractivity contribution >= 4 is 5.91 Å². The van der Waals surface area contributed by atoms with Crippen LogP contribution in [-0.2, 0) is 6.42 Å². The van der Waals surface area contributed by atoms with E-state index in [1.165, 1.54) is 0 Å². The maximum absolute atomic E-state index is 12.2. The van der Waals surface area contributed by atoms with Crippen molar-refractivity contribution in [3.8, 4) is 11.5 Å². The molecule has 98 valence electrons. The van der Waals surface area contributed by atoms with E-state index in [1.807, 2.05) is 0 Å². The molecule has 2 rings (SSSR count). The molecule has 1 aromatic rings. The second kappa shape index (κ2) is 5.27. The molecule has 0 radical (unpaired) electrons. The minimum Gasteiger partial charge on any atom is -0.493 e. The maximum Gasteiger partial charge on any atom is 0.254 e. The summed E-state index contributed by atoms with van der Waals surface area (Å²) in [5, 5.41) is 0. The van der Waals surface area contributed by atoms with Gasteiger partial charge in [-0.2, -0.15) is 0 Å². The topological polar surface area (TPSA) is 64.8 Å². The van der Waals surface area contributed by atoms with Crippen LogP contribution < -0.4 is 15.2 Å². The first kappa shape index (κ1) is 12.7. The van der Waals surface area contributed by atoms with Crippen molar-refractivity contribution in [3.63, 3.8) is 0 Å². The zero-order valence-corrected chi connectivity index (χ0v) is 10.7. The molecule has 0 saturated carbocycles. The SMILES string of the molecule is COc1ccc2c(c1OC)CCN(CCN)C2=O. The summed E-state index contributed by atoms with van der Waals surface area (Å²) in [6.45, 7) is 1.74. The van der Waals surface area contributed by atoms with Gasteiger partial charge in [0.15, 0.2) is 11.5 Å². The number of benzene rings is 1. The Morgan fingerprint density at radius 3 is 2.72 bits per heavy atom. The number of carbonyl (C=O) groups is 1. The molecule has 0 saturated heterocycles.